The Morgan fingerprint density at radius 1 is 0.267 bits per heavy atom. The molecule has 0 N–H and O–H groups in total. The molecule has 0 aliphatic rings. The second-order valence-corrected chi connectivity index (χ2v) is 23.1. The van der Waals surface area contributed by atoms with Gasteiger partial charge in [-0.1, -0.05) is 334 Å². The molecule has 442 valence electrons. The standard InChI is InChI=1S/C69H130O6/c1-4-7-10-13-16-19-21-23-25-27-29-31-33-34-36-37-39-41-43-45-47-50-53-56-59-62-68(71)74-65-66(64-73-67(70)61-58-55-52-49-18-15-12-9-6-3)75-69(72)63-60-57-54-51-48-46-44-42-40-38-35-32-30-28-26-24-22-20-17-14-11-8-5-2/h22,24,28,30,66H,4-21,23,25-27,29,31-65H2,1-3H3/b24-22-,30-28-. The van der Waals surface area contributed by atoms with E-state index in [1.165, 1.54) is 276 Å². The molecule has 0 fully saturated rings. The Morgan fingerprint density at radius 2 is 0.480 bits per heavy atom. The Hall–Kier alpha value is -2.11. The molecule has 1 atom stereocenters. The monoisotopic (exact) mass is 1050 g/mol. The minimum Gasteiger partial charge on any atom is -0.462 e. The number of esters is 3. The molecule has 6 nitrogen and oxygen atoms in total. The lowest BCUT2D eigenvalue weighted by molar-refractivity contribution is -0.167. The number of carbonyl (C=O) groups excluding carboxylic acids is 3. The predicted molar refractivity (Wildman–Crippen MR) is 326 cm³/mol. The van der Waals surface area contributed by atoms with Crippen LogP contribution >= 0.6 is 0 Å². The zero-order valence-corrected chi connectivity index (χ0v) is 50.8. The normalized spacial score (nSPS) is 12.1. The Kier molecular flexibility index (Phi) is 62.6. The number of allylic oxidation sites excluding steroid dienone is 4. The fourth-order valence-electron chi connectivity index (χ4n) is 10.4. The largest absolute Gasteiger partial charge is 0.462 e. The van der Waals surface area contributed by atoms with Gasteiger partial charge in [0.05, 0.1) is 0 Å². The van der Waals surface area contributed by atoms with Crippen molar-refractivity contribution in [3.05, 3.63) is 24.3 Å². The highest BCUT2D eigenvalue weighted by Crippen LogP contribution is 2.18. The topological polar surface area (TPSA) is 78.9 Å². The Morgan fingerprint density at radius 3 is 0.733 bits per heavy atom. The van der Waals surface area contributed by atoms with Gasteiger partial charge in [0.25, 0.3) is 0 Å². The van der Waals surface area contributed by atoms with E-state index in [9.17, 15) is 14.4 Å². The van der Waals surface area contributed by atoms with Crippen LogP contribution in [-0.4, -0.2) is 37.2 Å². The highest BCUT2D eigenvalue weighted by Gasteiger charge is 2.19. The van der Waals surface area contributed by atoms with Crippen molar-refractivity contribution < 1.29 is 28.6 Å². The number of hydrogen-bond acceptors (Lipinski definition) is 6. The van der Waals surface area contributed by atoms with Gasteiger partial charge in [0.2, 0.25) is 0 Å². The summed E-state index contributed by atoms with van der Waals surface area (Å²) in [4.78, 5) is 38.2. The Labute approximate surface area is 468 Å². The Balaban J connectivity index is 4.13. The quantitative estimate of drug-likeness (QED) is 0.0261. The molecule has 0 saturated heterocycles. The fourth-order valence-corrected chi connectivity index (χ4v) is 10.4. The van der Waals surface area contributed by atoms with Gasteiger partial charge in [-0.2, -0.15) is 0 Å². The maximum absolute atomic E-state index is 12.9. The summed E-state index contributed by atoms with van der Waals surface area (Å²) < 4.78 is 16.9. The van der Waals surface area contributed by atoms with Gasteiger partial charge in [0, 0.05) is 19.3 Å². The molecule has 75 heavy (non-hydrogen) atoms. The zero-order valence-electron chi connectivity index (χ0n) is 50.8. The summed E-state index contributed by atoms with van der Waals surface area (Å²) in [5.74, 6) is -0.843. The molecule has 1 unspecified atom stereocenters. The summed E-state index contributed by atoms with van der Waals surface area (Å²) in [6, 6.07) is 0. The van der Waals surface area contributed by atoms with Crippen LogP contribution in [0.2, 0.25) is 0 Å². The smallest absolute Gasteiger partial charge is 0.306 e. The van der Waals surface area contributed by atoms with Crippen LogP contribution in [0.3, 0.4) is 0 Å². The third-order valence-corrected chi connectivity index (χ3v) is 15.5. The molecule has 6 heteroatoms. The van der Waals surface area contributed by atoms with Crippen LogP contribution in [-0.2, 0) is 28.6 Å². The lowest BCUT2D eigenvalue weighted by atomic mass is 10.0. The highest BCUT2D eigenvalue weighted by atomic mass is 16.6. The molecule has 0 saturated carbocycles. The first-order chi connectivity index (χ1) is 37.0. The minimum atomic E-state index is -0.768. The average Bonchev–Trinajstić information content (AvgIpc) is 3.41. The summed E-state index contributed by atoms with van der Waals surface area (Å²) in [6.45, 7) is 6.68. The van der Waals surface area contributed by atoms with Crippen LogP contribution in [0.5, 0.6) is 0 Å². The average molecular weight is 1060 g/mol. The van der Waals surface area contributed by atoms with E-state index < -0.39 is 6.10 Å². The number of ether oxygens (including phenoxy) is 3. The third-order valence-electron chi connectivity index (χ3n) is 15.5. The third kappa shape index (κ3) is 62.6. The van der Waals surface area contributed by atoms with Gasteiger partial charge in [-0.05, 0) is 51.4 Å². The number of hydrogen-bond donors (Lipinski definition) is 0. The van der Waals surface area contributed by atoms with Gasteiger partial charge in [-0.25, -0.2) is 0 Å². The first-order valence-electron chi connectivity index (χ1n) is 33.8. The molecule has 0 aromatic rings. The molecule has 0 aromatic heterocycles. The SMILES string of the molecule is CCCCCCC/C=C\C/C=C\CCCCCCCCCCCCCC(=O)OC(COC(=O)CCCCCCCCCCC)COC(=O)CCCCCCCCCCCCCCCCCCCCCCCCCCC. The van der Waals surface area contributed by atoms with Crippen LogP contribution in [0.1, 0.15) is 380 Å². The van der Waals surface area contributed by atoms with Crippen LogP contribution in [0.25, 0.3) is 0 Å². The molecule has 0 aliphatic carbocycles. The molecular formula is C69H130O6. The van der Waals surface area contributed by atoms with Gasteiger partial charge in [0.1, 0.15) is 13.2 Å². The van der Waals surface area contributed by atoms with E-state index in [-0.39, 0.29) is 31.1 Å². The maximum Gasteiger partial charge on any atom is 0.306 e. The van der Waals surface area contributed by atoms with E-state index in [2.05, 4.69) is 45.1 Å². The van der Waals surface area contributed by atoms with Gasteiger partial charge in [-0.3, -0.25) is 14.4 Å². The van der Waals surface area contributed by atoms with Crippen LogP contribution in [0, 0.1) is 0 Å². The van der Waals surface area contributed by atoms with E-state index in [1.807, 2.05) is 0 Å². The molecule has 0 radical (unpaired) electrons. The molecule has 0 amide bonds. The van der Waals surface area contributed by atoms with Crippen molar-refractivity contribution in [2.75, 3.05) is 13.2 Å². The van der Waals surface area contributed by atoms with Crippen molar-refractivity contribution in [2.24, 2.45) is 0 Å². The second kappa shape index (κ2) is 64.4. The van der Waals surface area contributed by atoms with Gasteiger partial charge >= 0.3 is 17.9 Å². The molecule has 0 rings (SSSR count). The predicted octanol–water partition coefficient (Wildman–Crippen LogP) is 23.0. The minimum absolute atomic E-state index is 0.0659. The first kappa shape index (κ1) is 72.9. The van der Waals surface area contributed by atoms with E-state index >= 15 is 0 Å². The van der Waals surface area contributed by atoms with E-state index in [4.69, 9.17) is 14.2 Å². The van der Waals surface area contributed by atoms with Crippen LogP contribution < -0.4 is 0 Å². The van der Waals surface area contributed by atoms with E-state index in [0.29, 0.717) is 19.3 Å². The summed E-state index contributed by atoms with van der Waals surface area (Å²) in [7, 11) is 0. The van der Waals surface area contributed by atoms with Crippen molar-refractivity contribution >= 4 is 17.9 Å². The Bertz CT molecular complexity index is 1210. The van der Waals surface area contributed by atoms with Crippen LogP contribution in [0.4, 0.5) is 0 Å². The zero-order chi connectivity index (χ0) is 54.3. The van der Waals surface area contributed by atoms with Crippen molar-refractivity contribution in [2.45, 2.75) is 386 Å². The summed E-state index contributed by atoms with van der Waals surface area (Å²) in [6.07, 6.45) is 77.8. The molecular weight excluding hydrogens is 925 g/mol. The van der Waals surface area contributed by atoms with Gasteiger partial charge in [0.15, 0.2) is 6.10 Å². The summed E-state index contributed by atoms with van der Waals surface area (Å²) in [5, 5.41) is 0. The van der Waals surface area contributed by atoms with Crippen LogP contribution in [0.15, 0.2) is 24.3 Å². The number of unbranched alkanes of at least 4 members (excludes halogenated alkanes) is 48. The summed E-state index contributed by atoms with van der Waals surface area (Å²) >= 11 is 0. The van der Waals surface area contributed by atoms with E-state index in [0.717, 1.165) is 64.2 Å². The van der Waals surface area contributed by atoms with Crippen molar-refractivity contribution in [1.82, 2.24) is 0 Å². The van der Waals surface area contributed by atoms with Gasteiger partial charge in [-0.15, -0.1) is 0 Å². The van der Waals surface area contributed by atoms with Crippen molar-refractivity contribution in [3.8, 4) is 0 Å². The summed E-state index contributed by atoms with van der Waals surface area (Å²) in [5.41, 5.74) is 0. The lowest BCUT2D eigenvalue weighted by Crippen LogP contribution is -2.30. The molecule has 0 spiro atoms. The molecule has 0 aromatic carbocycles. The molecule has 0 heterocycles. The molecule has 0 aliphatic heterocycles. The highest BCUT2D eigenvalue weighted by molar-refractivity contribution is 5.71. The molecule has 0 bridgehead atoms. The lowest BCUT2D eigenvalue weighted by Gasteiger charge is -2.18. The van der Waals surface area contributed by atoms with E-state index in [1.54, 1.807) is 0 Å². The van der Waals surface area contributed by atoms with Crippen molar-refractivity contribution in [1.29, 1.82) is 0 Å². The first-order valence-corrected chi connectivity index (χ1v) is 33.8. The number of rotatable bonds is 63. The fraction of sp³-hybridized carbons (Fsp3) is 0.899. The maximum atomic E-state index is 12.9. The van der Waals surface area contributed by atoms with Gasteiger partial charge < -0.3 is 14.2 Å². The second-order valence-electron chi connectivity index (χ2n) is 23.1. The van der Waals surface area contributed by atoms with Crippen molar-refractivity contribution in [3.63, 3.8) is 0 Å². The number of carbonyl (C=O) groups is 3.